The maximum Gasteiger partial charge on any atom is 0.326 e. The maximum absolute atomic E-state index is 11.4. The monoisotopic (exact) mass is 273 g/mol. The average Bonchev–Trinajstić information content (AvgIpc) is 2.29. The maximum atomic E-state index is 11.4. The first-order chi connectivity index (χ1) is 8.82. The first kappa shape index (κ1) is 17.2. The minimum Gasteiger partial charge on any atom is -0.480 e. The Balaban J connectivity index is 3.96. The van der Waals surface area contributed by atoms with Crippen molar-refractivity contribution in [1.29, 1.82) is 0 Å². The molecule has 7 heteroatoms. The Morgan fingerprint density at radius 1 is 1.21 bits per heavy atom. The van der Waals surface area contributed by atoms with Crippen LogP contribution in [0.4, 0.5) is 4.79 Å². The van der Waals surface area contributed by atoms with Crippen molar-refractivity contribution in [2.24, 2.45) is 11.7 Å². The molecule has 0 aromatic heterocycles. The third-order valence-electron chi connectivity index (χ3n) is 2.53. The van der Waals surface area contributed by atoms with Gasteiger partial charge in [-0.3, -0.25) is 4.79 Å². The number of primary amides is 1. The molecule has 1 atom stereocenters. The van der Waals surface area contributed by atoms with E-state index in [1.165, 1.54) is 0 Å². The van der Waals surface area contributed by atoms with Gasteiger partial charge in [0.2, 0.25) is 5.91 Å². The van der Waals surface area contributed by atoms with Gasteiger partial charge in [0.1, 0.15) is 6.04 Å². The van der Waals surface area contributed by atoms with E-state index in [-0.39, 0.29) is 12.8 Å². The molecule has 0 aromatic carbocycles. The van der Waals surface area contributed by atoms with Crippen LogP contribution >= 0.6 is 0 Å². The van der Waals surface area contributed by atoms with Crippen molar-refractivity contribution in [3.8, 4) is 0 Å². The molecular weight excluding hydrogens is 250 g/mol. The molecule has 3 amide bonds. The first-order valence-electron chi connectivity index (χ1n) is 6.38. The summed E-state index contributed by atoms with van der Waals surface area (Å²) in [6.07, 6.45) is 1.74. The second kappa shape index (κ2) is 9.18. The van der Waals surface area contributed by atoms with Crippen LogP contribution in [0.3, 0.4) is 0 Å². The summed E-state index contributed by atoms with van der Waals surface area (Å²) in [5.74, 6) is -1.21. The lowest BCUT2D eigenvalue weighted by atomic mass is 10.1. The standard InChI is InChI=1S/C12H23N3O4/c1-8(2)4-3-7-14-12(19)15-9(11(17)18)5-6-10(13)16/h8-9H,3-7H2,1-2H3,(H2,13,16)(H,17,18)(H2,14,15,19). The van der Waals surface area contributed by atoms with Crippen LogP contribution in [0.1, 0.15) is 39.5 Å². The molecule has 0 spiro atoms. The highest BCUT2D eigenvalue weighted by atomic mass is 16.4. The van der Waals surface area contributed by atoms with Gasteiger partial charge in [0.05, 0.1) is 0 Å². The lowest BCUT2D eigenvalue weighted by Crippen LogP contribution is -2.46. The molecule has 0 saturated heterocycles. The molecule has 0 aliphatic rings. The number of carbonyl (C=O) groups is 3. The van der Waals surface area contributed by atoms with Crippen molar-refractivity contribution in [2.75, 3.05) is 6.54 Å². The number of nitrogens with two attached hydrogens (primary N) is 1. The first-order valence-corrected chi connectivity index (χ1v) is 6.38. The summed E-state index contributed by atoms with van der Waals surface area (Å²) in [5, 5.41) is 13.8. The zero-order valence-electron chi connectivity index (χ0n) is 11.4. The van der Waals surface area contributed by atoms with E-state index in [9.17, 15) is 14.4 Å². The van der Waals surface area contributed by atoms with Crippen LogP contribution in [0.15, 0.2) is 0 Å². The smallest absolute Gasteiger partial charge is 0.326 e. The van der Waals surface area contributed by atoms with Crippen LogP contribution in [0.5, 0.6) is 0 Å². The highest BCUT2D eigenvalue weighted by molar-refractivity contribution is 5.83. The fraction of sp³-hybridized carbons (Fsp3) is 0.750. The Morgan fingerprint density at radius 3 is 2.32 bits per heavy atom. The number of hydrogen-bond acceptors (Lipinski definition) is 3. The van der Waals surface area contributed by atoms with E-state index < -0.39 is 23.9 Å². The summed E-state index contributed by atoms with van der Waals surface area (Å²) < 4.78 is 0. The molecule has 5 N–H and O–H groups in total. The minimum absolute atomic E-state index is 0.00984. The Kier molecular flexibility index (Phi) is 8.32. The van der Waals surface area contributed by atoms with Crippen LogP contribution in [-0.4, -0.2) is 35.6 Å². The molecule has 110 valence electrons. The number of amides is 3. The SMILES string of the molecule is CC(C)CCCNC(=O)NC(CCC(N)=O)C(=O)O. The fourth-order valence-corrected chi connectivity index (χ4v) is 1.47. The van der Waals surface area contributed by atoms with Gasteiger partial charge in [0.15, 0.2) is 0 Å². The van der Waals surface area contributed by atoms with Crippen LogP contribution < -0.4 is 16.4 Å². The number of carboxylic acids is 1. The summed E-state index contributed by atoms with van der Waals surface area (Å²) in [7, 11) is 0. The van der Waals surface area contributed by atoms with Gasteiger partial charge in [-0.1, -0.05) is 13.8 Å². The molecule has 0 saturated carbocycles. The lowest BCUT2D eigenvalue weighted by molar-refractivity contribution is -0.139. The second-order valence-corrected chi connectivity index (χ2v) is 4.83. The third kappa shape index (κ3) is 9.87. The number of nitrogens with one attached hydrogen (secondary N) is 2. The Bertz CT molecular complexity index is 318. The molecule has 0 bridgehead atoms. The Hall–Kier alpha value is -1.79. The number of rotatable bonds is 9. The van der Waals surface area contributed by atoms with Crippen molar-refractivity contribution in [2.45, 2.75) is 45.6 Å². The van der Waals surface area contributed by atoms with Gasteiger partial charge in [-0.15, -0.1) is 0 Å². The number of urea groups is 1. The van der Waals surface area contributed by atoms with Crippen molar-refractivity contribution < 1.29 is 19.5 Å². The van der Waals surface area contributed by atoms with Crippen LogP contribution in [0, 0.1) is 5.92 Å². The normalized spacial score (nSPS) is 11.9. The van der Waals surface area contributed by atoms with Gasteiger partial charge in [-0.2, -0.15) is 0 Å². The van der Waals surface area contributed by atoms with Crippen molar-refractivity contribution >= 4 is 17.9 Å². The van der Waals surface area contributed by atoms with Crippen molar-refractivity contribution in [3.63, 3.8) is 0 Å². The zero-order valence-corrected chi connectivity index (χ0v) is 11.4. The predicted molar refractivity (Wildman–Crippen MR) is 70.5 cm³/mol. The van der Waals surface area contributed by atoms with Crippen LogP contribution in [0.2, 0.25) is 0 Å². The quantitative estimate of drug-likeness (QED) is 0.455. The lowest BCUT2D eigenvalue weighted by Gasteiger charge is -2.14. The van der Waals surface area contributed by atoms with Gasteiger partial charge >= 0.3 is 12.0 Å². The minimum atomic E-state index is -1.18. The molecule has 1 unspecified atom stereocenters. The predicted octanol–water partition coefficient (Wildman–Crippen LogP) is 0.441. The number of aliphatic carboxylic acids is 1. The molecular formula is C12H23N3O4. The highest BCUT2D eigenvalue weighted by Gasteiger charge is 2.20. The van der Waals surface area contributed by atoms with Gasteiger partial charge < -0.3 is 21.5 Å². The van der Waals surface area contributed by atoms with Gasteiger partial charge in [0.25, 0.3) is 0 Å². The summed E-state index contributed by atoms with van der Waals surface area (Å²) in [5.41, 5.74) is 4.94. The average molecular weight is 273 g/mol. The molecule has 0 radical (unpaired) electrons. The van der Waals surface area contributed by atoms with E-state index in [4.69, 9.17) is 10.8 Å². The van der Waals surface area contributed by atoms with E-state index in [1.54, 1.807) is 0 Å². The number of hydrogen-bond donors (Lipinski definition) is 4. The molecule has 0 aliphatic carbocycles. The molecule has 0 fully saturated rings. The Morgan fingerprint density at radius 2 is 1.84 bits per heavy atom. The van der Waals surface area contributed by atoms with E-state index in [2.05, 4.69) is 24.5 Å². The third-order valence-corrected chi connectivity index (χ3v) is 2.53. The van der Waals surface area contributed by atoms with Crippen molar-refractivity contribution in [3.05, 3.63) is 0 Å². The molecule has 0 heterocycles. The zero-order chi connectivity index (χ0) is 14.8. The van der Waals surface area contributed by atoms with Gasteiger partial charge in [-0.25, -0.2) is 9.59 Å². The summed E-state index contributed by atoms with van der Waals surface area (Å²) in [6, 6.07) is -1.64. The number of carbonyl (C=O) groups excluding carboxylic acids is 2. The van der Waals surface area contributed by atoms with Crippen LogP contribution in [-0.2, 0) is 9.59 Å². The van der Waals surface area contributed by atoms with Crippen molar-refractivity contribution in [1.82, 2.24) is 10.6 Å². The van der Waals surface area contributed by atoms with E-state index in [0.717, 1.165) is 12.8 Å². The molecule has 0 rings (SSSR count). The summed E-state index contributed by atoms with van der Waals surface area (Å²) in [6.45, 7) is 4.67. The largest absolute Gasteiger partial charge is 0.480 e. The van der Waals surface area contributed by atoms with E-state index in [0.29, 0.717) is 12.5 Å². The molecule has 0 aromatic rings. The summed E-state index contributed by atoms with van der Waals surface area (Å²) in [4.78, 5) is 32.9. The highest BCUT2D eigenvalue weighted by Crippen LogP contribution is 2.02. The number of carboxylic acid groups (broad SMARTS) is 1. The van der Waals surface area contributed by atoms with Gasteiger partial charge in [0, 0.05) is 13.0 Å². The molecule has 0 aliphatic heterocycles. The summed E-state index contributed by atoms with van der Waals surface area (Å²) >= 11 is 0. The Labute approximate surface area is 112 Å². The van der Waals surface area contributed by atoms with Gasteiger partial charge in [-0.05, 0) is 25.2 Å². The fourth-order valence-electron chi connectivity index (χ4n) is 1.47. The second-order valence-electron chi connectivity index (χ2n) is 4.83. The van der Waals surface area contributed by atoms with Crippen LogP contribution in [0.25, 0.3) is 0 Å². The molecule has 7 nitrogen and oxygen atoms in total. The van der Waals surface area contributed by atoms with E-state index in [1.807, 2.05) is 0 Å². The topological polar surface area (TPSA) is 122 Å². The van der Waals surface area contributed by atoms with E-state index >= 15 is 0 Å². The molecule has 19 heavy (non-hydrogen) atoms.